The highest BCUT2D eigenvalue weighted by Gasteiger charge is 2.31. The lowest BCUT2D eigenvalue weighted by molar-refractivity contribution is -0.137. The summed E-state index contributed by atoms with van der Waals surface area (Å²) in [5.41, 5.74) is 1.84. The zero-order valence-corrected chi connectivity index (χ0v) is 22.3. The van der Waals surface area contributed by atoms with Gasteiger partial charge in [0, 0.05) is 46.6 Å². The zero-order chi connectivity index (χ0) is 29.1. The van der Waals surface area contributed by atoms with E-state index in [1.807, 2.05) is 26.8 Å². The van der Waals surface area contributed by atoms with E-state index >= 15 is 0 Å². The topological polar surface area (TPSA) is 109 Å². The highest BCUT2D eigenvalue weighted by atomic mass is 19.4. The monoisotopic (exact) mass is 547 g/mol. The van der Waals surface area contributed by atoms with Crippen molar-refractivity contribution < 1.29 is 18.0 Å². The molecular formula is C29H28F3N7O. The summed E-state index contributed by atoms with van der Waals surface area (Å²) in [5, 5.41) is 13.0. The number of allylic oxidation sites excluding steroid dienone is 2. The number of anilines is 3. The Bertz CT molecular complexity index is 1590. The first kappa shape index (κ1) is 28.2. The fourth-order valence-electron chi connectivity index (χ4n) is 3.93. The number of rotatable bonds is 8. The van der Waals surface area contributed by atoms with Crippen molar-refractivity contribution in [3.05, 3.63) is 101 Å². The van der Waals surface area contributed by atoms with Gasteiger partial charge in [0.25, 0.3) is 5.91 Å². The Morgan fingerprint density at radius 1 is 1.05 bits per heavy atom. The molecule has 2 heterocycles. The maximum Gasteiger partial charge on any atom is 0.416 e. The van der Waals surface area contributed by atoms with Crippen LogP contribution in [0.25, 0.3) is 5.69 Å². The molecule has 0 fully saturated rings. The van der Waals surface area contributed by atoms with Crippen LogP contribution in [0.2, 0.25) is 0 Å². The van der Waals surface area contributed by atoms with Gasteiger partial charge in [-0.15, -0.1) is 0 Å². The molecule has 0 radical (unpaired) electrons. The molecule has 0 aliphatic carbocycles. The van der Waals surface area contributed by atoms with Gasteiger partial charge in [-0.3, -0.25) is 4.79 Å². The number of hydrogen-bond donors (Lipinski definition) is 3. The predicted octanol–water partition coefficient (Wildman–Crippen LogP) is 6.78. The number of amides is 1. The number of carbonyl (C=O) groups excluding carboxylic acids is 1. The molecule has 0 atom stereocenters. The van der Waals surface area contributed by atoms with Gasteiger partial charge in [0.1, 0.15) is 0 Å². The summed E-state index contributed by atoms with van der Waals surface area (Å²) in [6.07, 6.45) is 4.70. The van der Waals surface area contributed by atoms with E-state index in [4.69, 9.17) is 5.41 Å². The van der Waals surface area contributed by atoms with E-state index in [0.717, 1.165) is 23.4 Å². The second-order valence-electron chi connectivity index (χ2n) is 9.81. The van der Waals surface area contributed by atoms with Crippen molar-refractivity contribution in [3.63, 3.8) is 0 Å². The Morgan fingerprint density at radius 2 is 1.82 bits per heavy atom. The van der Waals surface area contributed by atoms with Crippen LogP contribution in [-0.4, -0.2) is 31.6 Å². The average Bonchev–Trinajstić information content (AvgIpc) is 3.34. The molecule has 40 heavy (non-hydrogen) atoms. The summed E-state index contributed by atoms with van der Waals surface area (Å²) in [7, 11) is 0. The fraction of sp³-hybridized carbons (Fsp3) is 0.207. The van der Waals surface area contributed by atoms with E-state index < -0.39 is 23.1 Å². The van der Waals surface area contributed by atoms with Gasteiger partial charge in [0.2, 0.25) is 5.95 Å². The number of hydrogen-bond acceptors (Lipinski definition) is 6. The van der Waals surface area contributed by atoms with Crippen LogP contribution in [0.1, 0.15) is 46.7 Å². The maximum absolute atomic E-state index is 13.6. The molecule has 0 saturated carbocycles. The number of alkyl halides is 3. The lowest BCUT2D eigenvalue weighted by Gasteiger charge is -2.20. The second kappa shape index (κ2) is 11.1. The maximum atomic E-state index is 13.6. The minimum atomic E-state index is -4.61. The normalized spacial score (nSPS) is 12.0. The molecule has 0 aliphatic heterocycles. The fourth-order valence-corrected chi connectivity index (χ4v) is 3.93. The summed E-state index contributed by atoms with van der Waals surface area (Å²) in [5.74, 6) is -0.268. The number of halogens is 3. The van der Waals surface area contributed by atoms with Crippen LogP contribution in [0.3, 0.4) is 0 Å². The Balaban J connectivity index is 1.60. The van der Waals surface area contributed by atoms with E-state index in [9.17, 15) is 18.0 Å². The zero-order valence-electron chi connectivity index (χ0n) is 22.3. The molecule has 0 unspecified atom stereocenters. The van der Waals surface area contributed by atoms with Gasteiger partial charge in [-0.2, -0.15) is 13.2 Å². The molecule has 4 aromatic rings. The molecule has 2 aromatic carbocycles. The molecular weight excluding hydrogens is 519 g/mol. The lowest BCUT2D eigenvalue weighted by atomic mass is 9.89. The Kier molecular flexibility index (Phi) is 7.85. The number of nitrogens with one attached hydrogen (secondary N) is 3. The number of aryl methyl sites for hydroxylation is 2. The molecule has 4 rings (SSSR count). The summed E-state index contributed by atoms with van der Waals surface area (Å²) < 4.78 is 42.3. The number of carbonyl (C=O) groups is 1. The first-order chi connectivity index (χ1) is 18.9. The lowest BCUT2D eigenvalue weighted by Crippen LogP contribution is -2.17. The summed E-state index contributed by atoms with van der Waals surface area (Å²) in [4.78, 5) is 26.1. The third-order valence-electron chi connectivity index (χ3n) is 6.18. The van der Waals surface area contributed by atoms with Crippen molar-refractivity contribution in [1.82, 2.24) is 19.5 Å². The molecule has 3 N–H and O–H groups in total. The quantitative estimate of drug-likeness (QED) is 0.211. The Hall–Kier alpha value is -4.80. The molecule has 8 nitrogen and oxygen atoms in total. The van der Waals surface area contributed by atoms with Crippen LogP contribution in [0.15, 0.2) is 73.3 Å². The number of imidazole rings is 1. The minimum absolute atomic E-state index is 0.00694. The van der Waals surface area contributed by atoms with Gasteiger partial charge >= 0.3 is 6.18 Å². The second-order valence-corrected chi connectivity index (χ2v) is 9.81. The highest BCUT2D eigenvalue weighted by Crippen LogP contribution is 2.33. The third kappa shape index (κ3) is 6.60. The van der Waals surface area contributed by atoms with Crippen LogP contribution >= 0.6 is 0 Å². The van der Waals surface area contributed by atoms with Crippen LogP contribution in [0.5, 0.6) is 0 Å². The summed E-state index contributed by atoms with van der Waals surface area (Å²) in [6, 6.07) is 10.0. The number of nitrogens with zero attached hydrogens (tertiary/aromatic N) is 4. The van der Waals surface area contributed by atoms with E-state index in [1.54, 1.807) is 49.7 Å². The van der Waals surface area contributed by atoms with E-state index in [2.05, 4.69) is 25.6 Å². The van der Waals surface area contributed by atoms with Gasteiger partial charge < -0.3 is 20.6 Å². The van der Waals surface area contributed by atoms with Crippen molar-refractivity contribution >= 4 is 29.4 Å². The smallest absolute Gasteiger partial charge is 0.324 e. The molecule has 206 valence electrons. The van der Waals surface area contributed by atoms with Gasteiger partial charge in [-0.1, -0.05) is 26.0 Å². The standard InChI is InChI=1S/C29H28F3N7O/c1-18-6-7-20(12-24(18)37-27-34-11-8-25(38-27)28(3,4)9-5-10-33)26(40)36-22-13-21(29(30,31)32)14-23(15-22)39-16-19(2)35-17-39/h5-17,33H,1-4H3,(H,36,40)(H,34,37,38)/b9-5-,33-10?. The molecule has 0 spiro atoms. The Labute approximate surface area is 229 Å². The largest absolute Gasteiger partial charge is 0.416 e. The van der Waals surface area contributed by atoms with Gasteiger partial charge in [0.15, 0.2) is 0 Å². The van der Waals surface area contributed by atoms with Crippen LogP contribution < -0.4 is 10.6 Å². The number of aromatic nitrogens is 4. The highest BCUT2D eigenvalue weighted by molar-refractivity contribution is 6.05. The molecule has 0 bridgehead atoms. The predicted molar refractivity (Wildman–Crippen MR) is 149 cm³/mol. The van der Waals surface area contributed by atoms with Crippen molar-refractivity contribution in [2.75, 3.05) is 10.6 Å². The van der Waals surface area contributed by atoms with Crippen LogP contribution in [0, 0.1) is 19.3 Å². The molecule has 2 aromatic heterocycles. The summed E-state index contributed by atoms with van der Waals surface area (Å²) in [6.45, 7) is 7.50. The first-order valence-corrected chi connectivity index (χ1v) is 12.3. The van der Waals surface area contributed by atoms with Gasteiger partial charge in [0.05, 0.1) is 23.3 Å². The SMILES string of the molecule is Cc1cn(-c2cc(NC(=O)c3ccc(C)c(Nc4nccc(C(C)(C)/C=C\C=N)n4)c3)cc(C(F)(F)F)c2)cn1. The van der Waals surface area contributed by atoms with E-state index in [0.29, 0.717) is 17.3 Å². The average molecular weight is 548 g/mol. The van der Waals surface area contributed by atoms with Crippen molar-refractivity contribution in [2.24, 2.45) is 0 Å². The molecule has 11 heteroatoms. The van der Waals surface area contributed by atoms with Crippen LogP contribution in [0.4, 0.5) is 30.5 Å². The van der Waals surface area contributed by atoms with Crippen molar-refractivity contribution in [2.45, 2.75) is 39.3 Å². The Morgan fingerprint density at radius 3 is 2.50 bits per heavy atom. The van der Waals surface area contributed by atoms with Gasteiger partial charge in [-0.05, 0) is 61.9 Å². The summed E-state index contributed by atoms with van der Waals surface area (Å²) >= 11 is 0. The van der Waals surface area contributed by atoms with Gasteiger partial charge in [-0.25, -0.2) is 15.0 Å². The van der Waals surface area contributed by atoms with Crippen molar-refractivity contribution in [3.8, 4) is 5.69 Å². The minimum Gasteiger partial charge on any atom is -0.324 e. The first-order valence-electron chi connectivity index (χ1n) is 12.3. The molecule has 0 aliphatic rings. The molecule has 0 saturated heterocycles. The number of benzene rings is 2. The van der Waals surface area contributed by atoms with Crippen LogP contribution in [-0.2, 0) is 11.6 Å². The third-order valence-corrected chi connectivity index (χ3v) is 6.18. The van der Waals surface area contributed by atoms with Crippen molar-refractivity contribution in [1.29, 1.82) is 5.41 Å². The molecule has 1 amide bonds. The van der Waals surface area contributed by atoms with E-state index in [1.165, 1.54) is 23.2 Å². The van der Waals surface area contributed by atoms with E-state index in [-0.39, 0.29) is 16.9 Å².